The highest BCUT2D eigenvalue weighted by atomic mass is 16.2. The average Bonchev–Trinajstić information content (AvgIpc) is 2.17. The van der Waals surface area contributed by atoms with Crippen LogP contribution >= 0.6 is 0 Å². The molecule has 0 bridgehead atoms. The van der Waals surface area contributed by atoms with Crippen LogP contribution in [0, 0.1) is 0 Å². The van der Waals surface area contributed by atoms with Crippen LogP contribution in [0.2, 0.25) is 0 Å². The highest BCUT2D eigenvalue weighted by molar-refractivity contribution is 5.96. The first kappa shape index (κ1) is 12.0. The van der Waals surface area contributed by atoms with Crippen molar-refractivity contribution in [1.82, 2.24) is 9.80 Å². The Labute approximate surface area is 90.2 Å². The Balaban J connectivity index is 2.42. The molecule has 0 aromatic rings. The number of amides is 2. The number of piperidine rings is 1. The summed E-state index contributed by atoms with van der Waals surface area (Å²) in [7, 11) is 3.30. The third-order valence-electron chi connectivity index (χ3n) is 2.61. The lowest BCUT2D eigenvalue weighted by Crippen LogP contribution is -2.46. The van der Waals surface area contributed by atoms with Crippen LogP contribution in [-0.4, -0.2) is 54.8 Å². The molecule has 86 valence electrons. The summed E-state index contributed by atoms with van der Waals surface area (Å²) >= 11 is 0. The molecule has 15 heavy (non-hydrogen) atoms. The van der Waals surface area contributed by atoms with Gasteiger partial charge in [0.2, 0.25) is 11.8 Å². The molecular weight excluding hydrogens is 194 g/mol. The maximum Gasteiger partial charge on any atom is 0.232 e. The summed E-state index contributed by atoms with van der Waals surface area (Å²) < 4.78 is 0. The standard InChI is InChI=1S/C10H19N3O2/c1-12(2)9(14)6-10(15)13-5-3-4-8(11)7-13/h8H,3-7,11H2,1-2H3/t8-/m1/s1. The van der Waals surface area contributed by atoms with Gasteiger partial charge in [-0.25, -0.2) is 0 Å². The van der Waals surface area contributed by atoms with Crippen molar-refractivity contribution in [3.8, 4) is 0 Å². The molecule has 2 amide bonds. The zero-order valence-electron chi connectivity index (χ0n) is 9.40. The van der Waals surface area contributed by atoms with Crippen molar-refractivity contribution in [2.24, 2.45) is 5.73 Å². The first-order valence-corrected chi connectivity index (χ1v) is 5.24. The zero-order valence-corrected chi connectivity index (χ0v) is 9.40. The normalized spacial score (nSPS) is 21.3. The van der Waals surface area contributed by atoms with Gasteiger partial charge in [-0.3, -0.25) is 9.59 Å². The molecule has 1 rings (SSSR count). The van der Waals surface area contributed by atoms with E-state index in [0.717, 1.165) is 19.4 Å². The summed E-state index contributed by atoms with van der Waals surface area (Å²) in [5.74, 6) is -0.261. The molecular formula is C10H19N3O2. The Morgan fingerprint density at radius 1 is 1.47 bits per heavy atom. The molecule has 0 saturated carbocycles. The molecule has 0 unspecified atom stereocenters. The van der Waals surface area contributed by atoms with Crippen LogP contribution in [0.4, 0.5) is 0 Å². The smallest absolute Gasteiger partial charge is 0.232 e. The van der Waals surface area contributed by atoms with Gasteiger partial charge in [-0.1, -0.05) is 0 Å². The van der Waals surface area contributed by atoms with Gasteiger partial charge in [0.05, 0.1) is 0 Å². The highest BCUT2D eigenvalue weighted by Crippen LogP contribution is 2.09. The number of nitrogens with two attached hydrogens (primary N) is 1. The molecule has 1 fully saturated rings. The van der Waals surface area contributed by atoms with E-state index in [1.165, 1.54) is 4.90 Å². The summed E-state index contributed by atoms with van der Waals surface area (Å²) in [6.45, 7) is 1.31. The molecule has 1 aliphatic rings. The summed E-state index contributed by atoms with van der Waals surface area (Å²) in [6.07, 6.45) is 1.86. The molecule has 0 radical (unpaired) electrons. The van der Waals surface area contributed by atoms with E-state index in [-0.39, 0.29) is 24.3 Å². The van der Waals surface area contributed by atoms with E-state index in [0.29, 0.717) is 6.54 Å². The number of hydrogen-bond acceptors (Lipinski definition) is 3. The molecule has 1 aliphatic heterocycles. The second kappa shape index (κ2) is 5.11. The Morgan fingerprint density at radius 3 is 2.67 bits per heavy atom. The zero-order chi connectivity index (χ0) is 11.4. The van der Waals surface area contributed by atoms with Gasteiger partial charge in [0.15, 0.2) is 0 Å². The molecule has 0 aromatic carbocycles. The van der Waals surface area contributed by atoms with Crippen LogP contribution in [0.25, 0.3) is 0 Å². The minimum absolute atomic E-state index is 0.0419. The van der Waals surface area contributed by atoms with Crippen molar-refractivity contribution < 1.29 is 9.59 Å². The van der Waals surface area contributed by atoms with Crippen molar-refractivity contribution in [2.45, 2.75) is 25.3 Å². The molecule has 0 spiro atoms. The number of carbonyl (C=O) groups excluding carboxylic acids is 2. The van der Waals surface area contributed by atoms with E-state index in [1.54, 1.807) is 19.0 Å². The fourth-order valence-electron chi connectivity index (χ4n) is 1.64. The maximum atomic E-state index is 11.7. The summed E-state index contributed by atoms with van der Waals surface area (Å²) in [5.41, 5.74) is 5.76. The molecule has 1 saturated heterocycles. The summed E-state index contributed by atoms with van der Waals surface area (Å²) in [6, 6.07) is 0.0668. The van der Waals surface area contributed by atoms with Gasteiger partial charge >= 0.3 is 0 Å². The van der Waals surface area contributed by atoms with Gasteiger partial charge in [-0.2, -0.15) is 0 Å². The van der Waals surface area contributed by atoms with Gasteiger partial charge in [0, 0.05) is 33.2 Å². The molecule has 0 aromatic heterocycles. The van der Waals surface area contributed by atoms with E-state index in [2.05, 4.69) is 0 Å². The molecule has 1 atom stereocenters. The molecule has 2 N–H and O–H groups in total. The van der Waals surface area contributed by atoms with Crippen LogP contribution in [-0.2, 0) is 9.59 Å². The number of likely N-dealkylation sites (tertiary alicyclic amines) is 1. The second-order valence-electron chi connectivity index (χ2n) is 4.21. The number of carbonyl (C=O) groups is 2. The fourth-order valence-corrected chi connectivity index (χ4v) is 1.64. The Bertz CT molecular complexity index is 253. The van der Waals surface area contributed by atoms with Gasteiger partial charge in [0.25, 0.3) is 0 Å². The SMILES string of the molecule is CN(C)C(=O)CC(=O)N1CCC[C@@H](N)C1. The summed E-state index contributed by atoms with van der Waals surface area (Å²) in [4.78, 5) is 26.1. The third kappa shape index (κ3) is 3.51. The average molecular weight is 213 g/mol. The number of hydrogen-bond donors (Lipinski definition) is 1. The fraction of sp³-hybridized carbons (Fsp3) is 0.800. The van der Waals surface area contributed by atoms with Crippen LogP contribution in [0.5, 0.6) is 0 Å². The minimum Gasteiger partial charge on any atom is -0.348 e. The predicted octanol–water partition coefficient (Wildman–Crippen LogP) is -0.586. The topological polar surface area (TPSA) is 66.6 Å². The first-order valence-electron chi connectivity index (χ1n) is 5.24. The van der Waals surface area contributed by atoms with E-state index in [4.69, 9.17) is 5.73 Å². The lowest BCUT2D eigenvalue weighted by atomic mass is 10.1. The quantitative estimate of drug-likeness (QED) is 0.624. The van der Waals surface area contributed by atoms with Crippen molar-refractivity contribution in [2.75, 3.05) is 27.2 Å². The van der Waals surface area contributed by atoms with Gasteiger partial charge in [0.1, 0.15) is 6.42 Å². The Hall–Kier alpha value is -1.10. The van der Waals surface area contributed by atoms with E-state index >= 15 is 0 Å². The lowest BCUT2D eigenvalue weighted by molar-refractivity contribution is -0.140. The van der Waals surface area contributed by atoms with E-state index in [1.807, 2.05) is 0 Å². The lowest BCUT2D eigenvalue weighted by Gasteiger charge is -2.30. The number of rotatable bonds is 2. The first-order chi connectivity index (χ1) is 7.00. The van der Waals surface area contributed by atoms with Gasteiger partial charge in [-0.05, 0) is 12.8 Å². The van der Waals surface area contributed by atoms with Crippen LogP contribution < -0.4 is 5.73 Å². The van der Waals surface area contributed by atoms with Crippen LogP contribution in [0.3, 0.4) is 0 Å². The molecule has 1 heterocycles. The largest absolute Gasteiger partial charge is 0.348 e. The molecule has 5 heteroatoms. The monoisotopic (exact) mass is 213 g/mol. The Morgan fingerprint density at radius 2 is 2.13 bits per heavy atom. The van der Waals surface area contributed by atoms with Crippen molar-refractivity contribution in [3.05, 3.63) is 0 Å². The minimum atomic E-state index is -0.154. The molecule has 5 nitrogen and oxygen atoms in total. The van der Waals surface area contributed by atoms with E-state index in [9.17, 15) is 9.59 Å². The van der Waals surface area contributed by atoms with Crippen molar-refractivity contribution >= 4 is 11.8 Å². The molecule has 0 aliphatic carbocycles. The predicted molar refractivity (Wildman–Crippen MR) is 57.1 cm³/mol. The van der Waals surface area contributed by atoms with Gasteiger partial charge in [-0.15, -0.1) is 0 Å². The number of nitrogens with zero attached hydrogens (tertiary/aromatic N) is 2. The van der Waals surface area contributed by atoms with Crippen LogP contribution in [0.15, 0.2) is 0 Å². The maximum absolute atomic E-state index is 11.7. The van der Waals surface area contributed by atoms with E-state index < -0.39 is 0 Å². The Kier molecular flexibility index (Phi) is 4.08. The third-order valence-corrected chi connectivity index (χ3v) is 2.61. The van der Waals surface area contributed by atoms with Gasteiger partial charge < -0.3 is 15.5 Å². The van der Waals surface area contributed by atoms with Crippen molar-refractivity contribution in [1.29, 1.82) is 0 Å². The van der Waals surface area contributed by atoms with Crippen molar-refractivity contribution in [3.63, 3.8) is 0 Å². The second-order valence-corrected chi connectivity index (χ2v) is 4.21. The summed E-state index contributed by atoms with van der Waals surface area (Å²) in [5, 5.41) is 0. The highest BCUT2D eigenvalue weighted by Gasteiger charge is 2.23. The van der Waals surface area contributed by atoms with Crippen LogP contribution in [0.1, 0.15) is 19.3 Å².